The zero-order chi connectivity index (χ0) is 15.3. The van der Waals surface area contributed by atoms with Crippen LogP contribution in [-0.2, 0) is 14.8 Å². The molecule has 3 N–H and O–H groups in total. The zero-order valence-electron chi connectivity index (χ0n) is 12.1. The predicted molar refractivity (Wildman–Crippen MR) is 83.7 cm³/mol. The monoisotopic (exact) mass is 311 g/mol. The number of sulfonamides is 1. The number of para-hydroxylation sites is 2. The molecule has 0 saturated carbocycles. The lowest BCUT2D eigenvalue weighted by Gasteiger charge is -2.22. The Hall–Kier alpha value is -1.60. The largest absolute Gasteiger partial charge is 0.324 e. The third-order valence-electron chi connectivity index (χ3n) is 3.43. The minimum absolute atomic E-state index is 0.0790. The molecule has 1 amide bonds. The second-order valence-electron chi connectivity index (χ2n) is 5.37. The first kappa shape index (κ1) is 15.8. The van der Waals surface area contributed by atoms with Gasteiger partial charge in [0.1, 0.15) is 0 Å². The molecule has 0 aromatic heterocycles. The molecule has 2 rings (SSSR count). The van der Waals surface area contributed by atoms with E-state index in [1.165, 1.54) is 0 Å². The van der Waals surface area contributed by atoms with E-state index in [1.807, 2.05) is 0 Å². The van der Waals surface area contributed by atoms with Crippen LogP contribution in [0.15, 0.2) is 24.3 Å². The maximum absolute atomic E-state index is 12.1. The molecule has 1 aromatic carbocycles. The molecule has 7 heteroatoms. The van der Waals surface area contributed by atoms with Crippen LogP contribution in [0, 0.1) is 5.92 Å². The first-order valence-electron chi connectivity index (χ1n) is 7.01. The van der Waals surface area contributed by atoms with Gasteiger partial charge in [-0.25, -0.2) is 8.42 Å². The molecule has 1 saturated heterocycles. The molecule has 1 fully saturated rings. The van der Waals surface area contributed by atoms with E-state index >= 15 is 0 Å². The molecule has 0 radical (unpaired) electrons. The van der Waals surface area contributed by atoms with E-state index in [2.05, 4.69) is 15.4 Å². The molecule has 1 aliphatic heterocycles. The standard InChI is InChI=1S/C14H21N3O3S/c1-21(19,20)17-13-5-3-2-4-12(13)16-14(18)10-11-6-8-15-9-7-11/h2-5,11,15,17H,6-10H2,1H3,(H,16,18). The molecule has 21 heavy (non-hydrogen) atoms. The molecule has 6 nitrogen and oxygen atoms in total. The van der Waals surface area contributed by atoms with Crippen molar-refractivity contribution in [3.63, 3.8) is 0 Å². The average molecular weight is 311 g/mol. The minimum Gasteiger partial charge on any atom is -0.324 e. The third kappa shape index (κ3) is 5.35. The van der Waals surface area contributed by atoms with Gasteiger partial charge in [0, 0.05) is 6.42 Å². The summed E-state index contributed by atoms with van der Waals surface area (Å²) in [5.41, 5.74) is 0.875. The Kier molecular flexibility index (Phi) is 5.19. The SMILES string of the molecule is CS(=O)(=O)Nc1ccccc1NC(=O)CC1CCNCC1. The number of rotatable bonds is 5. The maximum atomic E-state index is 12.1. The van der Waals surface area contributed by atoms with E-state index < -0.39 is 10.0 Å². The summed E-state index contributed by atoms with van der Waals surface area (Å²) in [5.74, 6) is 0.311. The predicted octanol–water partition coefficient (Wildman–Crippen LogP) is 1.39. The van der Waals surface area contributed by atoms with Crippen LogP contribution in [0.2, 0.25) is 0 Å². The number of amides is 1. The lowest BCUT2D eigenvalue weighted by atomic mass is 9.94. The molecule has 0 aliphatic carbocycles. The van der Waals surface area contributed by atoms with Crippen molar-refractivity contribution in [3.8, 4) is 0 Å². The van der Waals surface area contributed by atoms with Crippen molar-refractivity contribution in [1.29, 1.82) is 0 Å². The van der Waals surface area contributed by atoms with E-state index in [4.69, 9.17) is 0 Å². The summed E-state index contributed by atoms with van der Waals surface area (Å²) < 4.78 is 25.1. The number of piperidine rings is 1. The van der Waals surface area contributed by atoms with Crippen molar-refractivity contribution in [3.05, 3.63) is 24.3 Å². The zero-order valence-corrected chi connectivity index (χ0v) is 12.9. The van der Waals surface area contributed by atoms with E-state index in [-0.39, 0.29) is 5.91 Å². The molecule has 1 aromatic rings. The van der Waals surface area contributed by atoms with Crippen LogP contribution >= 0.6 is 0 Å². The number of carbonyl (C=O) groups excluding carboxylic acids is 1. The Balaban J connectivity index is 2.00. The molecule has 1 aliphatic rings. The summed E-state index contributed by atoms with van der Waals surface area (Å²) in [5, 5.41) is 6.06. The van der Waals surface area contributed by atoms with Gasteiger partial charge >= 0.3 is 0 Å². The highest BCUT2D eigenvalue weighted by atomic mass is 32.2. The van der Waals surface area contributed by atoms with Gasteiger partial charge in [0.25, 0.3) is 0 Å². The third-order valence-corrected chi connectivity index (χ3v) is 4.02. The minimum atomic E-state index is -3.37. The molecule has 0 spiro atoms. The van der Waals surface area contributed by atoms with Crippen LogP contribution in [0.25, 0.3) is 0 Å². The Labute approximate surface area is 125 Å². The summed E-state index contributed by atoms with van der Waals surface area (Å²) in [7, 11) is -3.37. The van der Waals surface area contributed by atoms with E-state index in [0.29, 0.717) is 23.7 Å². The fourth-order valence-electron chi connectivity index (χ4n) is 2.43. The van der Waals surface area contributed by atoms with Crippen molar-refractivity contribution >= 4 is 27.3 Å². The van der Waals surface area contributed by atoms with Crippen molar-refractivity contribution in [2.75, 3.05) is 29.4 Å². The number of benzene rings is 1. The Morgan fingerprint density at radius 1 is 1.24 bits per heavy atom. The van der Waals surface area contributed by atoms with E-state index in [1.54, 1.807) is 24.3 Å². The van der Waals surface area contributed by atoms with Gasteiger partial charge in [0.2, 0.25) is 15.9 Å². The highest BCUT2D eigenvalue weighted by Gasteiger charge is 2.17. The van der Waals surface area contributed by atoms with Gasteiger partial charge in [-0.2, -0.15) is 0 Å². The van der Waals surface area contributed by atoms with Crippen LogP contribution in [0.1, 0.15) is 19.3 Å². The van der Waals surface area contributed by atoms with Gasteiger partial charge in [0.15, 0.2) is 0 Å². The maximum Gasteiger partial charge on any atom is 0.229 e. The van der Waals surface area contributed by atoms with E-state index in [9.17, 15) is 13.2 Å². The molecule has 116 valence electrons. The number of nitrogens with one attached hydrogen (secondary N) is 3. The van der Waals surface area contributed by atoms with Gasteiger partial charge < -0.3 is 10.6 Å². The second kappa shape index (κ2) is 6.91. The summed E-state index contributed by atoms with van der Waals surface area (Å²) in [4.78, 5) is 12.1. The summed E-state index contributed by atoms with van der Waals surface area (Å²) in [6, 6.07) is 6.79. The van der Waals surface area contributed by atoms with Crippen LogP contribution in [-0.4, -0.2) is 33.7 Å². The van der Waals surface area contributed by atoms with Crippen LogP contribution in [0.3, 0.4) is 0 Å². The molecule has 1 heterocycles. The quantitative estimate of drug-likeness (QED) is 0.767. The second-order valence-corrected chi connectivity index (χ2v) is 7.11. The molecular formula is C14H21N3O3S. The normalized spacial score (nSPS) is 16.4. The first-order valence-corrected chi connectivity index (χ1v) is 8.90. The number of carbonyl (C=O) groups is 1. The highest BCUT2D eigenvalue weighted by Crippen LogP contribution is 2.23. The first-order chi connectivity index (χ1) is 9.94. The number of hydrogen-bond acceptors (Lipinski definition) is 4. The molecule has 0 bridgehead atoms. The summed E-state index contributed by atoms with van der Waals surface area (Å²) in [6.45, 7) is 1.90. The Morgan fingerprint density at radius 3 is 2.48 bits per heavy atom. The fraction of sp³-hybridized carbons (Fsp3) is 0.500. The summed E-state index contributed by atoms with van der Waals surface area (Å²) in [6.07, 6.45) is 3.54. The van der Waals surface area contributed by atoms with Crippen molar-refractivity contribution < 1.29 is 13.2 Å². The summed E-state index contributed by atoms with van der Waals surface area (Å²) >= 11 is 0. The van der Waals surface area contributed by atoms with Gasteiger partial charge in [-0.15, -0.1) is 0 Å². The lowest BCUT2D eigenvalue weighted by molar-refractivity contribution is -0.117. The van der Waals surface area contributed by atoms with Crippen LogP contribution < -0.4 is 15.4 Å². The molecule has 0 unspecified atom stereocenters. The van der Waals surface area contributed by atoms with Gasteiger partial charge in [-0.1, -0.05) is 12.1 Å². The smallest absolute Gasteiger partial charge is 0.229 e. The molecular weight excluding hydrogens is 290 g/mol. The van der Waals surface area contributed by atoms with Crippen LogP contribution in [0.5, 0.6) is 0 Å². The van der Waals surface area contributed by atoms with Crippen molar-refractivity contribution in [2.45, 2.75) is 19.3 Å². The average Bonchev–Trinajstić information content (AvgIpc) is 2.40. The van der Waals surface area contributed by atoms with E-state index in [0.717, 1.165) is 32.2 Å². The van der Waals surface area contributed by atoms with Gasteiger partial charge in [-0.3, -0.25) is 9.52 Å². The topological polar surface area (TPSA) is 87.3 Å². The molecule has 0 atom stereocenters. The van der Waals surface area contributed by atoms with Gasteiger partial charge in [0.05, 0.1) is 17.6 Å². The van der Waals surface area contributed by atoms with Crippen molar-refractivity contribution in [2.24, 2.45) is 5.92 Å². The highest BCUT2D eigenvalue weighted by molar-refractivity contribution is 7.92. The van der Waals surface area contributed by atoms with Gasteiger partial charge in [-0.05, 0) is 44.0 Å². The van der Waals surface area contributed by atoms with Crippen LogP contribution in [0.4, 0.5) is 11.4 Å². The number of anilines is 2. The lowest BCUT2D eigenvalue weighted by Crippen LogP contribution is -2.30. The number of hydrogen-bond donors (Lipinski definition) is 3. The Bertz CT molecular complexity index is 595. The van der Waals surface area contributed by atoms with Crippen molar-refractivity contribution in [1.82, 2.24) is 5.32 Å². The Morgan fingerprint density at radius 2 is 1.86 bits per heavy atom. The fourth-order valence-corrected chi connectivity index (χ4v) is 3.01.